The molecule has 2 heteroatoms. The summed E-state index contributed by atoms with van der Waals surface area (Å²) in [5, 5.41) is 3.54. The summed E-state index contributed by atoms with van der Waals surface area (Å²) < 4.78 is 0. The van der Waals surface area contributed by atoms with Crippen molar-refractivity contribution in [3.63, 3.8) is 0 Å². The number of piperidine rings is 1. The first-order chi connectivity index (χ1) is 6.83. The van der Waals surface area contributed by atoms with Crippen LogP contribution in [0.5, 0.6) is 0 Å². The van der Waals surface area contributed by atoms with Crippen molar-refractivity contribution in [3.05, 3.63) is 12.7 Å². The topological polar surface area (TPSA) is 15.3 Å². The van der Waals surface area contributed by atoms with Gasteiger partial charge in [-0.1, -0.05) is 6.08 Å². The largest absolute Gasteiger partial charge is 0.316 e. The van der Waals surface area contributed by atoms with E-state index >= 15 is 0 Å². The van der Waals surface area contributed by atoms with E-state index < -0.39 is 0 Å². The number of nitrogens with one attached hydrogen (secondary N) is 1. The summed E-state index contributed by atoms with van der Waals surface area (Å²) in [4.78, 5) is 2.44. The lowest BCUT2D eigenvalue weighted by molar-refractivity contribution is 0.206. The van der Waals surface area contributed by atoms with Crippen LogP contribution in [0.25, 0.3) is 0 Å². The van der Waals surface area contributed by atoms with Crippen LogP contribution in [0.2, 0.25) is 0 Å². The van der Waals surface area contributed by atoms with Crippen molar-refractivity contribution in [3.8, 4) is 0 Å². The first kappa shape index (κ1) is 11.7. The van der Waals surface area contributed by atoms with Crippen molar-refractivity contribution in [2.75, 3.05) is 33.2 Å². The van der Waals surface area contributed by atoms with Gasteiger partial charge in [-0.25, -0.2) is 0 Å². The minimum Gasteiger partial charge on any atom is -0.316 e. The van der Waals surface area contributed by atoms with Crippen LogP contribution in [0.3, 0.4) is 0 Å². The van der Waals surface area contributed by atoms with Gasteiger partial charge in [-0.05, 0) is 58.3 Å². The number of hydrogen-bond donors (Lipinski definition) is 1. The maximum Gasteiger partial charge on any atom is 0.00187 e. The molecule has 1 heterocycles. The van der Waals surface area contributed by atoms with Crippen molar-refractivity contribution in [1.82, 2.24) is 10.2 Å². The third-order valence-corrected chi connectivity index (χ3v) is 2.92. The highest BCUT2D eigenvalue weighted by atomic mass is 15.1. The fourth-order valence-corrected chi connectivity index (χ4v) is 2.12. The predicted molar refractivity (Wildman–Crippen MR) is 62.5 cm³/mol. The van der Waals surface area contributed by atoms with Gasteiger partial charge in [0, 0.05) is 6.54 Å². The molecule has 0 aromatic carbocycles. The van der Waals surface area contributed by atoms with E-state index in [1.807, 2.05) is 6.08 Å². The summed E-state index contributed by atoms with van der Waals surface area (Å²) in [5.74, 6) is 0.873. The maximum absolute atomic E-state index is 3.72. The number of likely N-dealkylation sites (tertiary alicyclic amines) is 1. The molecule has 0 bridgehead atoms. The normalized spacial score (nSPS) is 23.6. The van der Waals surface area contributed by atoms with Crippen LogP contribution in [0.4, 0.5) is 0 Å². The molecular weight excluding hydrogens is 172 g/mol. The van der Waals surface area contributed by atoms with Crippen LogP contribution in [-0.4, -0.2) is 38.1 Å². The summed E-state index contributed by atoms with van der Waals surface area (Å²) in [7, 11) is 2.23. The van der Waals surface area contributed by atoms with E-state index in [0.29, 0.717) is 0 Å². The zero-order valence-corrected chi connectivity index (χ0v) is 9.47. The SMILES string of the molecule is C=CCCCNCC1CCCN(C)C1. The standard InChI is InChI=1S/C12H24N2/c1-3-4-5-8-13-10-12-7-6-9-14(2)11-12/h3,12-13H,1,4-11H2,2H3. The minimum absolute atomic E-state index is 0.873. The summed E-state index contributed by atoms with van der Waals surface area (Å²) in [5.41, 5.74) is 0. The number of allylic oxidation sites excluding steroid dienone is 1. The lowest BCUT2D eigenvalue weighted by atomic mass is 9.98. The average Bonchev–Trinajstić information content (AvgIpc) is 2.18. The maximum atomic E-state index is 3.72. The van der Waals surface area contributed by atoms with E-state index in [-0.39, 0.29) is 0 Å². The Labute approximate surface area is 88.4 Å². The Morgan fingerprint density at radius 3 is 3.14 bits per heavy atom. The predicted octanol–water partition coefficient (Wildman–Crippen LogP) is 1.88. The molecule has 0 aliphatic carbocycles. The lowest BCUT2D eigenvalue weighted by Gasteiger charge is -2.29. The van der Waals surface area contributed by atoms with Crippen molar-refractivity contribution in [2.45, 2.75) is 25.7 Å². The van der Waals surface area contributed by atoms with Crippen molar-refractivity contribution < 1.29 is 0 Å². The van der Waals surface area contributed by atoms with Crippen molar-refractivity contribution in [2.24, 2.45) is 5.92 Å². The highest BCUT2D eigenvalue weighted by molar-refractivity contribution is 4.73. The van der Waals surface area contributed by atoms with Crippen molar-refractivity contribution in [1.29, 1.82) is 0 Å². The summed E-state index contributed by atoms with van der Waals surface area (Å²) in [6.45, 7) is 8.62. The Morgan fingerprint density at radius 2 is 2.43 bits per heavy atom. The monoisotopic (exact) mass is 196 g/mol. The van der Waals surface area contributed by atoms with E-state index in [0.717, 1.165) is 18.9 Å². The zero-order valence-electron chi connectivity index (χ0n) is 9.47. The van der Waals surface area contributed by atoms with Crippen LogP contribution in [0.1, 0.15) is 25.7 Å². The van der Waals surface area contributed by atoms with Gasteiger partial charge in [0.1, 0.15) is 0 Å². The minimum atomic E-state index is 0.873. The molecule has 2 nitrogen and oxygen atoms in total. The Kier molecular flexibility index (Phi) is 5.88. The number of hydrogen-bond acceptors (Lipinski definition) is 2. The van der Waals surface area contributed by atoms with Gasteiger partial charge in [0.15, 0.2) is 0 Å². The molecular formula is C12H24N2. The molecule has 0 saturated carbocycles. The number of rotatable bonds is 6. The third kappa shape index (κ3) is 4.77. The Morgan fingerprint density at radius 1 is 1.57 bits per heavy atom. The smallest absolute Gasteiger partial charge is 0.00187 e. The fourth-order valence-electron chi connectivity index (χ4n) is 2.12. The van der Waals surface area contributed by atoms with Gasteiger partial charge in [-0.2, -0.15) is 0 Å². The summed E-state index contributed by atoms with van der Waals surface area (Å²) >= 11 is 0. The second-order valence-corrected chi connectivity index (χ2v) is 4.41. The van der Waals surface area contributed by atoms with Gasteiger partial charge >= 0.3 is 0 Å². The first-order valence-corrected chi connectivity index (χ1v) is 5.83. The van der Waals surface area contributed by atoms with Gasteiger partial charge in [0.25, 0.3) is 0 Å². The molecule has 0 spiro atoms. The van der Waals surface area contributed by atoms with E-state index in [1.165, 1.54) is 38.9 Å². The van der Waals surface area contributed by atoms with Crippen molar-refractivity contribution >= 4 is 0 Å². The quantitative estimate of drug-likeness (QED) is 0.515. The Hall–Kier alpha value is -0.340. The van der Waals surface area contributed by atoms with Crippen LogP contribution >= 0.6 is 0 Å². The van der Waals surface area contributed by atoms with Gasteiger partial charge < -0.3 is 10.2 Å². The Bertz CT molecular complexity index is 156. The molecule has 1 rings (SSSR count). The van der Waals surface area contributed by atoms with Crippen LogP contribution in [0.15, 0.2) is 12.7 Å². The molecule has 82 valence electrons. The molecule has 0 amide bonds. The summed E-state index contributed by atoms with van der Waals surface area (Å²) in [6, 6.07) is 0. The number of unbranched alkanes of at least 4 members (excludes halogenated alkanes) is 1. The van der Waals surface area contributed by atoms with Gasteiger partial charge in [0.2, 0.25) is 0 Å². The molecule has 0 aromatic rings. The first-order valence-electron chi connectivity index (χ1n) is 5.83. The molecule has 1 fully saturated rings. The second kappa shape index (κ2) is 7.02. The fraction of sp³-hybridized carbons (Fsp3) is 0.833. The highest BCUT2D eigenvalue weighted by Gasteiger charge is 2.15. The molecule has 1 unspecified atom stereocenters. The van der Waals surface area contributed by atoms with Crippen LogP contribution in [-0.2, 0) is 0 Å². The van der Waals surface area contributed by atoms with Gasteiger partial charge in [0.05, 0.1) is 0 Å². The molecule has 1 aliphatic rings. The van der Waals surface area contributed by atoms with Crippen LogP contribution in [0, 0.1) is 5.92 Å². The van der Waals surface area contributed by atoms with Crippen LogP contribution < -0.4 is 5.32 Å². The highest BCUT2D eigenvalue weighted by Crippen LogP contribution is 2.13. The molecule has 0 radical (unpaired) electrons. The molecule has 1 saturated heterocycles. The van der Waals surface area contributed by atoms with E-state index in [9.17, 15) is 0 Å². The van der Waals surface area contributed by atoms with E-state index in [4.69, 9.17) is 0 Å². The lowest BCUT2D eigenvalue weighted by Crippen LogP contribution is -2.37. The van der Waals surface area contributed by atoms with E-state index in [1.54, 1.807) is 0 Å². The molecule has 1 N–H and O–H groups in total. The van der Waals surface area contributed by atoms with E-state index in [2.05, 4.69) is 23.8 Å². The zero-order chi connectivity index (χ0) is 10.2. The van der Waals surface area contributed by atoms with Gasteiger partial charge in [-0.15, -0.1) is 6.58 Å². The molecule has 0 aromatic heterocycles. The molecule has 1 atom stereocenters. The summed E-state index contributed by atoms with van der Waals surface area (Å²) in [6.07, 6.45) is 7.13. The Balaban J connectivity index is 1.97. The molecule has 1 aliphatic heterocycles. The average molecular weight is 196 g/mol. The second-order valence-electron chi connectivity index (χ2n) is 4.41. The third-order valence-electron chi connectivity index (χ3n) is 2.92. The molecule has 14 heavy (non-hydrogen) atoms. The van der Waals surface area contributed by atoms with Gasteiger partial charge in [-0.3, -0.25) is 0 Å². The number of nitrogens with zero attached hydrogens (tertiary/aromatic N) is 1.